The van der Waals surface area contributed by atoms with E-state index in [2.05, 4.69) is 17.6 Å². The number of hydrogen-bond acceptors (Lipinski definition) is 4. The first-order valence-electron chi connectivity index (χ1n) is 5.28. The largest absolute Gasteiger partial charge is 0.396 e. The van der Waals surface area contributed by atoms with E-state index in [1.165, 1.54) is 12.8 Å². The Labute approximate surface area is 100 Å². The second kappa shape index (κ2) is 4.26. The number of para-hydroxylation sites is 1. The number of nitrogen functional groups attached to an aromatic ring is 1. The number of nitrogens with one attached hydrogen (secondary N) is 1. The summed E-state index contributed by atoms with van der Waals surface area (Å²) in [6.45, 7) is 0.924. The quantitative estimate of drug-likeness (QED) is 0.784. The monoisotopic (exact) mass is 233 g/mol. The Morgan fingerprint density at radius 1 is 1.56 bits per heavy atom. The molecule has 16 heavy (non-hydrogen) atoms. The Bertz CT molecular complexity index is 432. The molecule has 1 fully saturated rings. The van der Waals surface area contributed by atoms with Gasteiger partial charge in [0, 0.05) is 11.3 Å². The van der Waals surface area contributed by atoms with Crippen molar-refractivity contribution in [2.45, 2.75) is 17.6 Å². The van der Waals surface area contributed by atoms with Crippen LogP contribution in [-0.2, 0) is 0 Å². The predicted molar refractivity (Wildman–Crippen MR) is 69.5 cm³/mol. The molecule has 1 aliphatic carbocycles. The summed E-state index contributed by atoms with van der Waals surface area (Å²) in [4.78, 5) is 0. The Balaban J connectivity index is 2.08. The topological polar surface area (TPSA) is 61.8 Å². The highest BCUT2D eigenvalue weighted by molar-refractivity contribution is 8.00. The minimum absolute atomic E-state index is 0.398. The van der Waals surface area contributed by atoms with Gasteiger partial charge in [0.15, 0.2) is 0 Å². The van der Waals surface area contributed by atoms with Crippen LogP contribution in [0.15, 0.2) is 18.2 Å². The summed E-state index contributed by atoms with van der Waals surface area (Å²) < 4.78 is 0.398. The molecule has 0 unspecified atom stereocenters. The highest BCUT2D eigenvalue weighted by Gasteiger charge is 2.41. The number of anilines is 2. The van der Waals surface area contributed by atoms with Gasteiger partial charge in [-0.1, -0.05) is 6.07 Å². The molecule has 0 saturated heterocycles. The number of nitrogens with zero attached hydrogens (tertiary/aromatic N) is 1. The van der Waals surface area contributed by atoms with Crippen LogP contribution in [0.1, 0.15) is 18.4 Å². The van der Waals surface area contributed by atoms with Crippen molar-refractivity contribution in [3.05, 3.63) is 23.8 Å². The highest BCUT2D eigenvalue weighted by Crippen LogP contribution is 2.47. The van der Waals surface area contributed by atoms with Gasteiger partial charge in [-0.05, 0) is 31.2 Å². The minimum Gasteiger partial charge on any atom is -0.396 e. The van der Waals surface area contributed by atoms with Crippen molar-refractivity contribution in [2.24, 2.45) is 0 Å². The van der Waals surface area contributed by atoms with Crippen molar-refractivity contribution in [3.8, 4) is 6.07 Å². The maximum atomic E-state index is 8.87. The van der Waals surface area contributed by atoms with Gasteiger partial charge < -0.3 is 11.1 Å². The van der Waals surface area contributed by atoms with Crippen LogP contribution in [0.2, 0.25) is 0 Å². The fourth-order valence-corrected chi connectivity index (χ4v) is 2.39. The van der Waals surface area contributed by atoms with Gasteiger partial charge >= 0.3 is 0 Å². The van der Waals surface area contributed by atoms with Gasteiger partial charge in [-0.3, -0.25) is 0 Å². The Morgan fingerprint density at radius 3 is 2.88 bits per heavy atom. The van der Waals surface area contributed by atoms with Crippen molar-refractivity contribution in [2.75, 3.05) is 23.9 Å². The molecule has 0 amide bonds. The zero-order chi connectivity index (χ0) is 11.6. The molecular weight excluding hydrogens is 218 g/mol. The van der Waals surface area contributed by atoms with E-state index in [0.29, 0.717) is 16.0 Å². The molecule has 0 heterocycles. The van der Waals surface area contributed by atoms with E-state index in [1.54, 1.807) is 6.07 Å². The van der Waals surface area contributed by atoms with Crippen molar-refractivity contribution >= 4 is 23.1 Å². The van der Waals surface area contributed by atoms with Crippen LogP contribution < -0.4 is 11.1 Å². The standard InChI is InChI=1S/C12H15N3S/c1-16-12(5-6-12)8-15-10-4-2-3-9(7-13)11(10)14/h2-4,15H,5-6,8,14H2,1H3. The number of rotatable bonds is 4. The van der Waals surface area contributed by atoms with Crippen LogP contribution in [0.4, 0.5) is 11.4 Å². The van der Waals surface area contributed by atoms with E-state index >= 15 is 0 Å². The average Bonchev–Trinajstić information content (AvgIpc) is 3.08. The molecular formula is C12H15N3S. The molecule has 84 valence electrons. The van der Waals surface area contributed by atoms with Crippen molar-refractivity contribution in [1.29, 1.82) is 5.26 Å². The zero-order valence-corrected chi connectivity index (χ0v) is 10.1. The van der Waals surface area contributed by atoms with E-state index in [1.807, 2.05) is 23.9 Å². The third-order valence-corrected chi connectivity index (χ3v) is 4.49. The van der Waals surface area contributed by atoms with Gasteiger partial charge in [0.1, 0.15) is 6.07 Å². The number of benzene rings is 1. The summed E-state index contributed by atoms with van der Waals surface area (Å²) in [5, 5.41) is 12.2. The van der Waals surface area contributed by atoms with Crippen LogP contribution in [0.3, 0.4) is 0 Å². The molecule has 4 heteroatoms. The van der Waals surface area contributed by atoms with E-state index < -0.39 is 0 Å². The van der Waals surface area contributed by atoms with Gasteiger partial charge in [-0.2, -0.15) is 17.0 Å². The first-order valence-corrected chi connectivity index (χ1v) is 6.51. The van der Waals surface area contributed by atoms with Gasteiger partial charge in [0.25, 0.3) is 0 Å². The number of nitriles is 1. The Hall–Kier alpha value is -1.34. The first-order chi connectivity index (χ1) is 7.71. The van der Waals surface area contributed by atoms with E-state index in [0.717, 1.165) is 12.2 Å². The number of thioether (sulfide) groups is 1. The van der Waals surface area contributed by atoms with Crippen LogP contribution >= 0.6 is 11.8 Å². The lowest BCUT2D eigenvalue weighted by Gasteiger charge is -2.15. The molecule has 0 radical (unpaired) electrons. The average molecular weight is 233 g/mol. The Morgan fingerprint density at radius 2 is 2.31 bits per heavy atom. The van der Waals surface area contributed by atoms with Gasteiger partial charge in [0.2, 0.25) is 0 Å². The SMILES string of the molecule is CSC1(CNc2cccc(C#N)c2N)CC1. The van der Waals surface area contributed by atoms with Gasteiger partial charge in [-0.25, -0.2) is 0 Å². The first kappa shape index (κ1) is 11.2. The molecule has 1 aromatic carbocycles. The Kier molecular flexibility index (Phi) is 2.97. The summed E-state index contributed by atoms with van der Waals surface area (Å²) in [6, 6.07) is 7.61. The normalized spacial score (nSPS) is 16.5. The molecule has 1 saturated carbocycles. The molecule has 0 aliphatic heterocycles. The highest BCUT2D eigenvalue weighted by atomic mass is 32.2. The molecule has 0 aromatic heterocycles. The van der Waals surface area contributed by atoms with E-state index in [-0.39, 0.29) is 0 Å². The minimum atomic E-state index is 0.398. The molecule has 3 nitrogen and oxygen atoms in total. The predicted octanol–water partition coefficient (Wildman–Crippen LogP) is 2.45. The molecule has 1 aromatic rings. The molecule has 3 N–H and O–H groups in total. The molecule has 0 spiro atoms. The maximum Gasteiger partial charge on any atom is 0.101 e. The van der Waals surface area contributed by atoms with Crippen molar-refractivity contribution in [1.82, 2.24) is 0 Å². The van der Waals surface area contributed by atoms with Crippen LogP contribution in [0, 0.1) is 11.3 Å². The van der Waals surface area contributed by atoms with Gasteiger partial charge in [0.05, 0.1) is 16.9 Å². The van der Waals surface area contributed by atoms with E-state index in [4.69, 9.17) is 11.0 Å². The third-order valence-electron chi connectivity index (χ3n) is 3.07. The van der Waals surface area contributed by atoms with Gasteiger partial charge in [-0.15, -0.1) is 0 Å². The lowest BCUT2D eigenvalue weighted by Crippen LogP contribution is -2.18. The lowest BCUT2D eigenvalue weighted by atomic mass is 10.1. The number of nitrogens with two attached hydrogens (primary N) is 1. The maximum absolute atomic E-state index is 8.87. The smallest absolute Gasteiger partial charge is 0.101 e. The summed E-state index contributed by atoms with van der Waals surface area (Å²) in [5.74, 6) is 0. The summed E-state index contributed by atoms with van der Waals surface area (Å²) in [6.07, 6.45) is 4.67. The number of hydrogen-bond donors (Lipinski definition) is 2. The lowest BCUT2D eigenvalue weighted by molar-refractivity contribution is 0.950. The third kappa shape index (κ3) is 2.10. The fourth-order valence-electron chi connectivity index (χ4n) is 1.67. The summed E-state index contributed by atoms with van der Waals surface area (Å²) >= 11 is 1.90. The molecule has 1 aliphatic rings. The second-order valence-corrected chi connectivity index (χ2v) is 5.39. The summed E-state index contributed by atoms with van der Waals surface area (Å²) in [7, 11) is 0. The molecule has 0 bridgehead atoms. The van der Waals surface area contributed by atoms with E-state index in [9.17, 15) is 0 Å². The molecule has 2 rings (SSSR count). The fraction of sp³-hybridized carbons (Fsp3) is 0.417. The van der Waals surface area contributed by atoms with Crippen molar-refractivity contribution < 1.29 is 0 Å². The van der Waals surface area contributed by atoms with Crippen LogP contribution in [0.5, 0.6) is 0 Å². The second-order valence-electron chi connectivity index (χ2n) is 4.12. The van der Waals surface area contributed by atoms with Crippen LogP contribution in [0.25, 0.3) is 0 Å². The zero-order valence-electron chi connectivity index (χ0n) is 9.29. The summed E-state index contributed by atoms with van der Waals surface area (Å²) in [5.41, 5.74) is 7.87. The van der Waals surface area contributed by atoms with Crippen molar-refractivity contribution in [3.63, 3.8) is 0 Å². The molecule has 0 atom stereocenters. The van der Waals surface area contributed by atoms with Crippen LogP contribution in [-0.4, -0.2) is 17.5 Å².